The van der Waals surface area contributed by atoms with E-state index in [4.69, 9.17) is 17.3 Å². The summed E-state index contributed by atoms with van der Waals surface area (Å²) < 4.78 is 1.25. The molecule has 1 atom stereocenters. The van der Waals surface area contributed by atoms with Gasteiger partial charge in [0.15, 0.2) is 4.77 Å². The number of rotatable bonds is 3. The first-order valence-corrected chi connectivity index (χ1v) is 6.68. The minimum absolute atomic E-state index is 0.145. The Kier molecular flexibility index (Phi) is 3.36. The molecule has 2 aromatic rings. The predicted octanol–water partition coefficient (Wildman–Crippen LogP) is 2.33. The normalized spacial score (nSPS) is 12.8. The Balaban J connectivity index is 2.80. The molecule has 1 unspecified atom stereocenters. The second-order valence-electron chi connectivity index (χ2n) is 3.93. The molecule has 7 heteroatoms. The van der Waals surface area contributed by atoms with Gasteiger partial charge in [0.05, 0.1) is 5.39 Å². The van der Waals surface area contributed by atoms with Crippen molar-refractivity contribution in [3.05, 3.63) is 26.1 Å². The highest BCUT2D eigenvalue weighted by Gasteiger charge is 2.18. The molecule has 0 spiro atoms. The third kappa shape index (κ3) is 1.99. The molecule has 0 radical (unpaired) electrons. The van der Waals surface area contributed by atoms with Crippen molar-refractivity contribution in [1.29, 1.82) is 0 Å². The molecule has 0 amide bonds. The van der Waals surface area contributed by atoms with Crippen LogP contribution in [0.5, 0.6) is 0 Å². The standard InChI is InChI=1S/C11H12N2O3S2/c1-3-6-4-7-8(18-6)12-11(17)13(9(7)14)5(2)10(15)16/h4-5H,3H2,1-2H3,(H,12,17)(H,15,16). The van der Waals surface area contributed by atoms with Crippen molar-refractivity contribution in [3.63, 3.8) is 0 Å². The summed E-state index contributed by atoms with van der Waals surface area (Å²) in [5.74, 6) is -1.08. The Morgan fingerprint density at radius 1 is 1.67 bits per heavy atom. The first-order chi connectivity index (χ1) is 8.45. The van der Waals surface area contributed by atoms with E-state index >= 15 is 0 Å². The quantitative estimate of drug-likeness (QED) is 0.848. The second kappa shape index (κ2) is 4.66. The lowest BCUT2D eigenvalue weighted by Gasteiger charge is -2.10. The number of carbonyl (C=O) groups is 1. The molecule has 0 aliphatic rings. The fourth-order valence-corrected chi connectivity index (χ4v) is 3.10. The van der Waals surface area contributed by atoms with Gasteiger partial charge in [-0.2, -0.15) is 0 Å². The molecule has 0 fully saturated rings. The minimum Gasteiger partial charge on any atom is -0.480 e. The van der Waals surface area contributed by atoms with Crippen molar-refractivity contribution in [3.8, 4) is 0 Å². The lowest BCUT2D eigenvalue weighted by molar-refractivity contribution is -0.140. The van der Waals surface area contributed by atoms with Crippen LogP contribution in [0, 0.1) is 4.77 Å². The Hall–Kier alpha value is -1.47. The van der Waals surface area contributed by atoms with Crippen LogP contribution in [-0.4, -0.2) is 20.6 Å². The van der Waals surface area contributed by atoms with Crippen molar-refractivity contribution >= 4 is 39.7 Å². The number of hydrogen-bond donors (Lipinski definition) is 2. The van der Waals surface area contributed by atoms with E-state index in [1.165, 1.54) is 18.3 Å². The highest BCUT2D eigenvalue weighted by molar-refractivity contribution is 7.71. The number of H-pyrrole nitrogens is 1. The van der Waals surface area contributed by atoms with Crippen LogP contribution in [0.3, 0.4) is 0 Å². The average molecular weight is 284 g/mol. The first kappa shape index (κ1) is 13.0. The number of nitrogens with one attached hydrogen (secondary N) is 1. The summed E-state index contributed by atoms with van der Waals surface area (Å²) in [6.45, 7) is 3.43. The fourth-order valence-electron chi connectivity index (χ4n) is 1.71. The maximum atomic E-state index is 12.2. The van der Waals surface area contributed by atoms with Crippen molar-refractivity contribution in [2.75, 3.05) is 0 Å². The van der Waals surface area contributed by atoms with Gasteiger partial charge in [-0.05, 0) is 31.6 Å². The van der Waals surface area contributed by atoms with Gasteiger partial charge in [0.2, 0.25) is 0 Å². The van der Waals surface area contributed by atoms with Crippen LogP contribution in [0.2, 0.25) is 0 Å². The summed E-state index contributed by atoms with van der Waals surface area (Å²) >= 11 is 6.53. The first-order valence-electron chi connectivity index (χ1n) is 5.45. The Labute approximate surface area is 112 Å². The zero-order valence-electron chi connectivity index (χ0n) is 9.89. The van der Waals surface area contributed by atoms with Crippen LogP contribution < -0.4 is 5.56 Å². The maximum absolute atomic E-state index is 12.2. The van der Waals surface area contributed by atoms with Crippen LogP contribution in [0.1, 0.15) is 24.8 Å². The van der Waals surface area contributed by atoms with Gasteiger partial charge in [-0.1, -0.05) is 6.92 Å². The number of aromatic nitrogens is 2. The predicted molar refractivity (Wildman–Crippen MR) is 73.0 cm³/mol. The van der Waals surface area contributed by atoms with Crippen LogP contribution in [0.4, 0.5) is 0 Å². The van der Waals surface area contributed by atoms with E-state index in [1.807, 2.05) is 6.92 Å². The third-order valence-corrected chi connectivity index (χ3v) is 4.26. The molecule has 96 valence electrons. The molecule has 2 N–H and O–H groups in total. The van der Waals surface area contributed by atoms with Crippen molar-refractivity contribution in [2.45, 2.75) is 26.3 Å². The van der Waals surface area contributed by atoms with E-state index in [2.05, 4.69) is 4.98 Å². The molecule has 2 aromatic heterocycles. The van der Waals surface area contributed by atoms with E-state index in [9.17, 15) is 9.59 Å². The van der Waals surface area contributed by atoms with Crippen molar-refractivity contribution in [2.24, 2.45) is 0 Å². The highest BCUT2D eigenvalue weighted by Crippen LogP contribution is 2.22. The Bertz CT molecular complexity index is 726. The molecule has 0 bridgehead atoms. The van der Waals surface area contributed by atoms with Gasteiger partial charge in [-0.25, -0.2) is 4.79 Å². The number of aliphatic carboxylic acids is 1. The van der Waals surface area contributed by atoms with Gasteiger partial charge < -0.3 is 10.1 Å². The molecule has 0 saturated carbocycles. The largest absolute Gasteiger partial charge is 0.480 e. The molecule has 0 aliphatic heterocycles. The summed E-state index contributed by atoms with van der Waals surface area (Å²) in [6.07, 6.45) is 0.827. The van der Waals surface area contributed by atoms with E-state index < -0.39 is 12.0 Å². The van der Waals surface area contributed by atoms with Gasteiger partial charge in [0.1, 0.15) is 10.9 Å². The summed E-state index contributed by atoms with van der Waals surface area (Å²) in [6, 6.07) is 0.814. The lowest BCUT2D eigenvalue weighted by atomic mass is 10.3. The van der Waals surface area contributed by atoms with E-state index in [-0.39, 0.29) is 10.3 Å². The molecular formula is C11H12N2O3S2. The second-order valence-corrected chi connectivity index (χ2v) is 5.45. The van der Waals surface area contributed by atoms with Crippen LogP contribution in [0.25, 0.3) is 10.2 Å². The number of hydrogen-bond acceptors (Lipinski definition) is 4. The maximum Gasteiger partial charge on any atom is 0.326 e. The summed E-state index contributed by atoms with van der Waals surface area (Å²) in [4.78, 5) is 27.9. The number of thiophene rings is 1. The van der Waals surface area contributed by atoms with Gasteiger partial charge in [0.25, 0.3) is 5.56 Å². The van der Waals surface area contributed by atoms with Crippen LogP contribution >= 0.6 is 23.6 Å². The van der Waals surface area contributed by atoms with E-state index in [0.29, 0.717) is 10.2 Å². The zero-order valence-corrected chi connectivity index (χ0v) is 11.5. The van der Waals surface area contributed by atoms with Crippen LogP contribution in [0.15, 0.2) is 10.9 Å². The number of nitrogens with zero attached hydrogens (tertiary/aromatic N) is 1. The molecule has 5 nitrogen and oxygen atoms in total. The smallest absolute Gasteiger partial charge is 0.326 e. The van der Waals surface area contributed by atoms with Gasteiger partial charge in [-0.3, -0.25) is 9.36 Å². The van der Waals surface area contributed by atoms with Gasteiger partial charge in [-0.15, -0.1) is 11.3 Å². The molecule has 18 heavy (non-hydrogen) atoms. The lowest BCUT2D eigenvalue weighted by Crippen LogP contribution is -2.29. The number of carboxylic acids is 1. The van der Waals surface area contributed by atoms with Gasteiger partial charge in [0, 0.05) is 4.88 Å². The zero-order chi connectivity index (χ0) is 13.4. The van der Waals surface area contributed by atoms with Crippen molar-refractivity contribution < 1.29 is 9.90 Å². The molecule has 2 rings (SSSR count). The van der Waals surface area contributed by atoms with Crippen molar-refractivity contribution in [1.82, 2.24) is 9.55 Å². The number of aryl methyl sites for hydroxylation is 1. The third-order valence-electron chi connectivity index (χ3n) is 2.76. The highest BCUT2D eigenvalue weighted by atomic mass is 32.1. The molecule has 0 aliphatic carbocycles. The Morgan fingerprint density at radius 3 is 2.89 bits per heavy atom. The Morgan fingerprint density at radius 2 is 2.33 bits per heavy atom. The van der Waals surface area contributed by atoms with E-state index in [0.717, 1.165) is 15.9 Å². The summed E-state index contributed by atoms with van der Waals surface area (Å²) in [5, 5.41) is 9.49. The van der Waals surface area contributed by atoms with Crippen LogP contribution in [-0.2, 0) is 11.2 Å². The summed E-state index contributed by atoms with van der Waals surface area (Å²) in [5.41, 5.74) is -0.348. The fraction of sp³-hybridized carbons (Fsp3) is 0.364. The molecular weight excluding hydrogens is 272 g/mol. The number of aromatic amines is 1. The number of fused-ring (bicyclic) bond motifs is 1. The van der Waals surface area contributed by atoms with E-state index in [1.54, 1.807) is 6.07 Å². The monoisotopic (exact) mass is 284 g/mol. The molecule has 0 saturated heterocycles. The number of carboxylic acid groups (broad SMARTS) is 1. The SMILES string of the molecule is CCc1cc2c(=O)n(C(C)C(=O)O)c(=S)[nH]c2s1. The average Bonchev–Trinajstić information content (AvgIpc) is 2.71. The molecule has 0 aromatic carbocycles. The topological polar surface area (TPSA) is 75.1 Å². The molecule has 2 heterocycles. The summed E-state index contributed by atoms with van der Waals surface area (Å²) in [7, 11) is 0. The van der Waals surface area contributed by atoms with Gasteiger partial charge >= 0.3 is 5.97 Å². The minimum atomic E-state index is -1.08.